The summed E-state index contributed by atoms with van der Waals surface area (Å²) in [6.45, 7) is 3.58. The summed E-state index contributed by atoms with van der Waals surface area (Å²) in [5.74, 6) is -0.661. The van der Waals surface area contributed by atoms with Crippen LogP contribution in [0.1, 0.15) is 45.4 Å². The minimum atomic E-state index is -0.661. The van der Waals surface area contributed by atoms with Gasteiger partial charge in [-0.2, -0.15) is 0 Å². The molecule has 1 N–H and O–H groups in total. The first-order valence-corrected chi connectivity index (χ1v) is 6.84. The Hall–Kier alpha value is -0.610. The zero-order valence-corrected chi connectivity index (χ0v) is 10.6. The third-order valence-corrected chi connectivity index (χ3v) is 4.04. The van der Waals surface area contributed by atoms with Gasteiger partial charge in [0, 0.05) is 12.6 Å². The first-order valence-electron chi connectivity index (χ1n) is 6.84. The second kappa shape index (κ2) is 5.83. The van der Waals surface area contributed by atoms with Gasteiger partial charge in [0.2, 0.25) is 0 Å². The van der Waals surface area contributed by atoms with E-state index in [0.717, 1.165) is 38.6 Å². The van der Waals surface area contributed by atoms with Crippen LogP contribution in [-0.2, 0) is 9.53 Å². The Balaban J connectivity index is 2.03. The molecule has 4 heteroatoms. The van der Waals surface area contributed by atoms with Crippen molar-refractivity contribution in [1.29, 1.82) is 0 Å². The fraction of sp³-hybridized carbons (Fsp3) is 0.923. The molecule has 2 rings (SSSR count). The Morgan fingerprint density at radius 3 is 3.06 bits per heavy atom. The van der Waals surface area contributed by atoms with Gasteiger partial charge in [0.25, 0.3) is 0 Å². The molecule has 0 aromatic heterocycles. The molecule has 17 heavy (non-hydrogen) atoms. The summed E-state index contributed by atoms with van der Waals surface area (Å²) in [5, 5.41) is 9.39. The van der Waals surface area contributed by atoms with Crippen LogP contribution in [-0.4, -0.2) is 47.3 Å². The SMILES string of the molecule is CCCCC(C(=O)O)N1CCOC2CCCC21. The molecule has 1 aliphatic carbocycles. The van der Waals surface area contributed by atoms with E-state index in [-0.39, 0.29) is 12.1 Å². The van der Waals surface area contributed by atoms with Crippen LogP contribution in [0, 0.1) is 0 Å². The number of unbranched alkanes of at least 4 members (excludes halogenated alkanes) is 1. The number of morpholine rings is 1. The lowest BCUT2D eigenvalue weighted by atomic mass is 10.0. The number of ether oxygens (including phenoxy) is 1. The van der Waals surface area contributed by atoms with E-state index in [2.05, 4.69) is 11.8 Å². The maximum absolute atomic E-state index is 11.4. The quantitative estimate of drug-likeness (QED) is 0.798. The highest BCUT2D eigenvalue weighted by molar-refractivity contribution is 5.73. The maximum atomic E-state index is 11.4. The molecule has 3 unspecified atom stereocenters. The molecule has 98 valence electrons. The van der Waals surface area contributed by atoms with Gasteiger partial charge in [0.15, 0.2) is 0 Å². The number of hydrogen-bond acceptors (Lipinski definition) is 3. The third-order valence-electron chi connectivity index (χ3n) is 4.04. The summed E-state index contributed by atoms with van der Waals surface area (Å²) in [4.78, 5) is 13.6. The predicted octanol–water partition coefficient (Wildman–Crippen LogP) is 1.88. The second-order valence-electron chi connectivity index (χ2n) is 5.14. The van der Waals surface area contributed by atoms with Crippen LogP contribution in [0.4, 0.5) is 0 Å². The van der Waals surface area contributed by atoms with Gasteiger partial charge in [-0.3, -0.25) is 9.69 Å². The molecule has 0 bridgehead atoms. The number of fused-ring (bicyclic) bond motifs is 1. The molecule has 1 aliphatic heterocycles. The Kier molecular flexibility index (Phi) is 4.40. The Morgan fingerprint density at radius 2 is 2.35 bits per heavy atom. The van der Waals surface area contributed by atoms with Crippen LogP contribution >= 0.6 is 0 Å². The van der Waals surface area contributed by atoms with Crippen molar-refractivity contribution in [2.45, 2.75) is 63.6 Å². The molecular formula is C13H23NO3. The predicted molar refractivity (Wildman–Crippen MR) is 65.0 cm³/mol. The van der Waals surface area contributed by atoms with Crippen molar-refractivity contribution in [2.75, 3.05) is 13.2 Å². The fourth-order valence-corrected chi connectivity index (χ4v) is 3.17. The Bertz CT molecular complexity index is 269. The summed E-state index contributed by atoms with van der Waals surface area (Å²) in [5.41, 5.74) is 0. The molecule has 1 saturated heterocycles. The second-order valence-corrected chi connectivity index (χ2v) is 5.14. The van der Waals surface area contributed by atoms with Gasteiger partial charge >= 0.3 is 5.97 Å². The molecule has 0 radical (unpaired) electrons. The Labute approximate surface area is 103 Å². The molecular weight excluding hydrogens is 218 g/mol. The number of hydrogen-bond donors (Lipinski definition) is 1. The average Bonchev–Trinajstić information content (AvgIpc) is 2.77. The van der Waals surface area contributed by atoms with E-state index in [9.17, 15) is 9.90 Å². The standard InChI is InChI=1S/C13H23NO3/c1-2-3-5-11(13(15)16)14-8-9-17-12-7-4-6-10(12)14/h10-12H,2-9H2,1H3,(H,15,16). The molecule has 0 aromatic carbocycles. The van der Waals surface area contributed by atoms with E-state index in [4.69, 9.17) is 4.74 Å². The van der Waals surface area contributed by atoms with Crippen LogP contribution in [0.3, 0.4) is 0 Å². The number of carbonyl (C=O) groups is 1. The molecule has 0 spiro atoms. The van der Waals surface area contributed by atoms with Gasteiger partial charge in [-0.25, -0.2) is 0 Å². The van der Waals surface area contributed by atoms with Crippen LogP contribution in [0.5, 0.6) is 0 Å². The molecule has 3 atom stereocenters. The van der Waals surface area contributed by atoms with Crippen LogP contribution in [0.25, 0.3) is 0 Å². The summed E-state index contributed by atoms with van der Waals surface area (Å²) in [7, 11) is 0. The molecule has 2 aliphatic rings. The topological polar surface area (TPSA) is 49.8 Å². The van der Waals surface area contributed by atoms with Crippen molar-refractivity contribution < 1.29 is 14.6 Å². The summed E-state index contributed by atoms with van der Waals surface area (Å²) in [6, 6.07) is 0.0474. The van der Waals surface area contributed by atoms with Crippen molar-refractivity contribution in [2.24, 2.45) is 0 Å². The lowest BCUT2D eigenvalue weighted by Gasteiger charge is -2.41. The van der Waals surface area contributed by atoms with Crippen molar-refractivity contribution >= 4 is 5.97 Å². The van der Waals surface area contributed by atoms with E-state index in [1.807, 2.05) is 0 Å². The minimum Gasteiger partial charge on any atom is -0.480 e. The highest BCUT2D eigenvalue weighted by atomic mass is 16.5. The normalized spacial score (nSPS) is 31.1. The first-order chi connectivity index (χ1) is 8.24. The Morgan fingerprint density at radius 1 is 1.53 bits per heavy atom. The zero-order chi connectivity index (χ0) is 12.3. The van der Waals surface area contributed by atoms with Gasteiger partial charge in [-0.15, -0.1) is 0 Å². The van der Waals surface area contributed by atoms with Crippen LogP contribution in [0.15, 0.2) is 0 Å². The number of carboxylic acid groups (broad SMARTS) is 1. The molecule has 0 amide bonds. The molecule has 2 fully saturated rings. The molecule has 1 saturated carbocycles. The average molecular weight is 241 g/mol. The lowest BCUT2D eigenvalue weighted by molar-refractivity contribution is -0.150. The van der Waals surface area contributed by atoms with E-state index >= 15 is 0 Å². The highest BCUT2D eigenvalue weighted by Gasteiger charge is 2.40. The van der Waals surface area contributed by atoms with E-state index in [1.54, 1.807) is 0 Å². The van der Waals surface area contributed by atoms with Crippen molar-refractivity contribution in [1.82, 2.24) is 4.90 Å². The minimum absolute atomic E-state index is 0.284. The van der Waals surface area contributed by atoms with Crippen molar-refractivity contribution in [3.8, 4) is 0 Å². The van der Waals surface area contributed by atoms with Gasteiger partial charge in [-0.05, 0) is 25.7 Å². The first kappa shape index (κ1) is 12.8. The monoisotopic (exact) mass is 241 g/mol. The van der Waals surface area contributed by atoms with Crippen LogP contribution in [0.2, 0.25) is 0 Å². The van der Waals surface area contributed by atoms with Gasteiger partial charge in [0.1, 0.15) is 6.04 Å². The smallest absolute Gasteiger partial charge is 0.320 e. The number of rotatable bonds is 5. The van der Waals surface area contributed by atoms with E-state index < -0.39 is 5.97 Å². The van der Waals surface area contributed by atoms with Crippen molar-refractivity contribution in [3.63, 3.8) is 0 Å². The molecule has 4 nitrogen and oxygen atoms in total. The number of carboxylic acids is 1. The van der Waals surface area contributed by atoms with E-state index in [0.29, 0.717) is 12.6 Å². The van der Waals surface area contributed by atoms with Gasteiger partial charge in [0.05, 0.1) is 12.7 Å². The van der Waals surface area contributed by atoms with Gasteiger partial charge < -0.3 is 9.84 Å². The summed E-state index contributed by atoms with van der Waals surface area (Å²) >= 11 is 0. The molecule has 1 heterocycles. The van der Waals surface area contributed by atoms with Crippen LogP contribution < -0.4 is 0 Å². The highest BCUT2D eigenvalue weighted by Crippen LogP contribution is 2.31. The fourth-order valence-electron chi connectivity index (χ4n) is 3.17. The molecule has 0 aromatic rings. The third kappa shape index (κ3) is 2.80. The van der Waals surface area contributed by atoms with Crippen molar-refractivity contribution in [3.05, 3.63) is 0 Å². The maximum Gasteiger partial charge on any atom is 0.320 e. The summed E-state index contributed by atoms with van der Waals surface area (Å²) in [6.07, 6.45) is 6.48. The number of nitrogens with zero attached hydrogens (tertiary/aromatic N) is 1. The number of aliphatic carboxylic acids is 1. The largest absolute Gasteiger partial charge is 0.480 e. The lowest BCUT2D eigenvalue weighted by Crippen LogP contribution is -2.55. The van der Waals surface area contributed by atoms with E-state index in [1.165, 1.54) is 6.42 Å². The zero-order valence-electron chi connectivity index (χ0n) is 10.6. The summed E-state index contributed by atoms with van der Waals surface area (Å²) < 4.78 is 5.73. The van der Waals surface area contributed by atoms with Gasteiger partial charge in [-0.1, -0.05) is 19.8 Å².